The molecule has 0 aliphatic rings. The minimum Gasteiger partial charge on any atom is -0.356 e. The number of hydrogen-bond donors (Lipinski definition) is 1. The summed E-state index contributed by atoms with van der Waals surface area (Å²) in [6.45, 7) is 4.41. The van der Waals surface area contributed by atoms with E-state index in [4.69, 9.17) is 0 Å². The van der Waals surface area contributed by atoms with Crippen LogP contribution in [0.2, 0.25) is 0 Å². The van der Waals surface area contributed by atoms with Crippen molar-refractivity contribution in [3.63, 3.8) is 0 Å². The summed E-state index contributed by atoms with van der Waals surface area (Å²) in [6.07, 6.45) is 10.7. The Hall–Kier alpha value is -0.530. The Morgan fingerprint density at radius 3 is 2.21 bits per heavy atom. The van der Waals surface area contributed by atoms with Gasteiger partial charge in [0.05, 0.1) is 0 Å². The van der Waals surface area contributed by atoms with Crippen LogP contribution in [0.5, 0.6) is 0 Å². The Balaban J connectivity index is 3.45. The summed E-state index contributed by atoms with van der Waals surface area (Å²) in [5, 5.41) is 2.91. The zero-order valence-corrected chi connectivity index (χ0v) is 9.72. The van der Waals surface area contributed by atoms with Gasteiger partial charge in [0.15, 0.2) is 0 Å². The van der Waals surface area contributed by atoms with Gasteiger partial charge in [-0.15, -0.1) is 0 Å². The van der Waals surface area contributed by atoms with Gasteiger partial charge in [0, 0.05) is 6.04 Å². The van der Waals surface area contributed by atoms with E-state index in [0.29, 0.717) is 6.04 Å². The summed E-state index contributed by atoms with van der Waals surface area (Å²) >= 11 is 0. The SMILES string of the molecule is CCCCCCC(CCCC)NC=O. The second kappa shape index (κ2) is 10.6. The highest BCUT2D eigenvalue weighted by Crippen LogP contribution is 2.10. The van der Waals surface area contributed by atoms with Crippen molar-refractivity contribution in [2.75, 3.05) is 0 Å². The van der Waals surface area contributed by atoms with Crippen LogP contribution in [0.25, 0.3) is 0 Å². The van der Waals surface area contributed by atoms with Crippen molar-refractivity contribution < 1.29 is 4.79 Å². The van der Waals surface area contributed by atoms with Crippen LogP contribution in [0.15, 0.2) is 0 Å². The highest BCUT2D eigenvalue weighted by molar-refractivity contribution is 5.46. The molecule has 2 heteroatoms. The lowest BCUT2D eigenvalue weighted by Crippen LogP contribution is -2.27. The summed E-state index contributed by atoms with van der Waals surface area (Å²) in [6, 6.07) is 0.421. The van der Waals surface area contributed by atoms with E-state index in [9.17, 15) is 4.79 Å². The molecule has 0 aliphatic carbocycles. The topological polar surface area (TPSA) is 29.1 Å². The molecule has 1 N–H and O–H groups in total. The standard InChI is InChI=1S/C12H25NO/c1-3-5-7-8-10-12(13-11-14)9-6-4-2/h11-12H,3-10H2,1-2H3,(H,13,14). The van der Waals surface area contributed by atoms with Crippen LogP contribution >= 0.6 is 0 Å². The Bertz CT molecular complexity index is 125. The summed E-state index contributed by atoms with van der Waals surface area (Å²) < 4.78 is 0. The molecule has 0 rings (SSSR count). The number of rotatable bonds is 10. The zero-order chi connectivity index (χ0) is 10.6. The maximum atomic E-state index is 10.4. The van der Waals surface area contributed by atoms with Gasteiger partial charge in [-0.2, -0.15) is 0 Å². The monoisotopic (exact) mass is 199 g/mol. The average molecular weight is 199 g/mol. The van der Waals surface area contributed by atoms with Gasteiger partial charge >= 0.3 is 0 Å². The van der Waals surface area contributed by atoms with Crippen LogP contribution in [0.4, 0.5) is 0 Å². The Kier molecular flexibility index (Phi) is 10.2. The van der Waals surface area contributed by atoms with Gasteiger partial charge in [-0.3, -0.25) is 4.79 Å². The van der Waals surface area contributed by atoms with E-state index in [0.717, 1.165) is 19.3 Å². The van der Waals surface area contributed by atoms with Gasteiger partial charge < -0.3 is 5.32 Å². The Morgan fingerprint density at radius 2 is 1.64 bits per heavy atom. The minimum absolute atomic E-state index is 0.421. The Labute approximate surface area is 88.5 Å². The van der Waals surface area contributed by atoms with E-state index < -0.39 is 0 Å². The van der Waals surface area contributed by atoms with Gasteiger partial charge in [0.25, 0.3) is 0 Å². The van der Waals surface area contributed by atoms with Gasteiger partial charge in [-0.1, -0.05) is 52.4 Å². The Morgan fingerprint density at radius 1 is 1.00 bits per heavy atom. The molecule has 0 aromatic rings. The fourth-order valence-electron chi connectivity index (χ4n) is 1.68. The molecule has 0 radical (unpaired) electrons. The summed E-state index contributed by atoms with van der Waals surface area (Å²) in [5.41, 5.74) is 0. The molecular weight excluding hydrogens is 174 g/mol. The predicted octanol–water partition coefficient (Wildman–Crippen LogP) is 3.26. The van der Waals surface area contributed by atoms with E-state index in [1.165, 1.54) is 38.5 Å². The lowest BCUT2D eigenvalue weighted by molar-refractivity contribution is -0.110. The molecule has 0 saturated heterocycles. The maximum absolute atomic E-state index is 10.4. The molecule has 1 amide bonds. The normalized spacial score (nSPS) is 12.4. The molecule has 0 aromatic carbocycles. The minimum atomic E-state index is 0.421. The average Bonchev–Trinajstić information content (AvgIpc) is 2.20. The van der Waals surface area contributed by atoms with Crippen molar-refractivity contribution in [1.29, 1.82) is 0 Å². The van der Waals surface area contributed by atoms with Gasteiger partial charge in [0.2, 0.25) is 6.41 Å². The molecule has 0 aromatic heterocycles. The van der Waals surface area contributed by atoms with E-state index in [1.807, 2.05) is 0 Å². The van der Waals surface area contributed by atoms with Crippen molar-refractivity contribution >= 4 is 6.41 Å². The van der Waals surface area contributed by atoms with E-state index in [2.05, 4.69) is 19.2 Å². The number of unbranched alkanes of at least 4 members (excludes halogenated alkanes) is 4. The molecule has 84 valence electrons. The highest BCUT2D eigenvalue weighted by Gasteiger charge is 2.05. The van der Waals surface area contributed by atoms with Gasteiger partial charge in [-0.05, 0) is 12.8 Å². The first kappa shape index (κ1) is 13.5. The smallest absolute Gasteiger partial charge is 0.207 e. The summed E-state index contributed by atoms with van der Waals surface area (Å²) in [4.78, 5) is 10.4. The number of carbonyl (C=O) groups excluding carboxylic acids is 1. The molecule has 0 bridgehead atoms. The fourth-order valence-corrected chi connectivity index (χ4v) is 1.68. The van der Waals surface area contributed by atoms with Crippen LogP contribution < -0.4 is 5.32 Å². The van der Waals surface area contributed by atoms with E-state index >= 15 is 0 Å². The van der Waals surface area contributed by atoms with E-state index in [-0.39, 0.29) is 0 Å². The maximum Gasteiger partial charge on any atom is 0.207 e. The number of hydrogen-bond acceptors (Lipinski definition) is 1. The lowest BCUT2D eigenvalue weighted by atomic mass is 10.0. The van der Waals surface area contributed by atoms with Gasteiger partial charge in [-0.25, -0.2) is 0 Å². The molecule has 0 fully saturated rings. The van der Waals surface area contributed by atoms with Crippen LogP contribution in [0, 0.1) is 0 Å². The fraction of sp³-hybridized carbons (Fsp3) is 0.917. The third-order valence-electron chi connectivity index (χ3n) is 2.62. The molecule has 1 unspecified atom stereocenters. The number of nitrogens with one attached hydrogen (secondary N) is 1. The third kappa shape index (κ3) is 8.09. The molecule has 0 spiro atoms. The van der Waals surface area contributed by atoms with Crippen molar-refractivity contribution in [3.8, 4) is 0 Å². The van der Waals surface area contributed by atoms with Crippen molar-refractivity contribution in [3.05, 3.63) is 0 Å². The first-order valence-corrected chi connectivity index (χ1v) is 6.04. The number of carbonyl (C=O) groups is 1. The molecule has 2 nitrogen and oxygen atoms in total. The van der Waals surface area contributed by atoms with Gasteiger partial charge in [0.1, 0.15) is 0 Å². The van der Waals surface area contributed by atoms with Crippen LogP contribution in [-0.2, 0) is 4.79 Å². The largest absolute Gasteiger partial charge is 0.356 e. The second-order valence-electron chi connectivity index (χ2n) is 3.97. The van der Waals surface area contributed by atoms with Crippen molar-refractivity contribution in [2.45, 2.75) is 71.3 Å². The molecule has 0 saturated carbocycles. The van der Waals surface area contributed by atoms with Crippen molar-refractivity contribution in [1.82, 2.24) is 5.32 Å². The molecule has 1 atom stereocenters. The molecular formula is C12H25NO. The zero-order valence-electron chi connectivity index (χ0n) is 9.72. The van der Waals surface area contributed by atoms with Crippen LogP contribution in [0.1, 0.15) is 65.2 Å². The lowest BCUT2D eigenvalue weighted by Gasteiger charge is -2.15. The van der Waals surface area contributed by atoms with Crippen LogP contribution in [-0.4, -0.2) is 12.5 Å². The number of amides is 1. The quantitative estimate of drug-likeness (QED) is 0.424. The first-order chi connectivity index (χ1) is 6.85. The summed E-state index contributed by atoms with van der Waals surface area (Å²) in [7, 11) is 0. The third-order valence-corrected chi connectivity index (χ3v) is 2.62. The summed E-state index contributed by atoms with van der Waals surface area (Å²) in [5.74, 6) is 0. The first-order valence-electron chi connectivity index (χ1n) is 6.04. The molecule has 0 heterocycles. The van der Waals surface area contributed by atoms with E-state index in [1.54, 1.807) is 0 Å². The van der Waals surface area contributed by atoms with Crippen LogP contribution in [0.3, 0.4) is 0 Å². The van der Waals surface area contributed by atoms with Crippen molar-refractivity contribution in [2.24, 2.45) is 0 Å². The predicted molar refractivity (Wildman–Crippen MR) is 61.3 cm³/mol. The highest BCUT2D eigenvalue weighted by atomic mass is 16.1. The molecule has 0 aliphatic heterocycles. The molecule has 14 heavy (non-hydrogen) atoms. The second-order valence-corrected chi connectivity index (χ2v) is 3.97.